The number of ether oxygens (including phenoxy) is 1. The van der Waals surface area contributed by atoms with Crippen molar-refractivity contribution in [3.63, 3.8) is 0 Å². The van der Waals surface area contributed by atoms with Gasteiger partial charge in [-0.3, -0.25) is 4.68 Å². The molecule has 1 saturated carbocycles. The summed E-state index contributed by atoms with van der Waals surface area (Å²) in [5, 5.41) is 13.7. The molecule has 1 N–H and O–H groups in total. The zero-order valence-electron chi connectivity index (χ0n) is 20.2. The molecule has 1 aromatic heterocycles. The van der Waals surface area contributed by atoms with E-state index in [9.17, 15) is 9.18 Å². The molecule has 1 aliphatic rings. The second kappa shape index (κ2) is 11.1. The van der Waals surface area contributed by atoms with Gasteiger partial charge in [0.1, 0.15) is 12.3 Å². The minimum Gasteiger partial charge on any atom is -0.480 e. The lowest BCUT2D eigenvalue weighted by Crippen LogP contribution is -2.24. The minimum absolute atomic E-state index is 0.0541. The maximum atomic E-state index is 15.0. The lowest BCUT2D eigenvalue weighted by atomic mass is 9.82. The van der Waals surface area contributed by atoms with Gasteiger partial charge in [-0.05, 0) is 49.5 Å². The SMILES string of the molecule is CC(C)c1c(-c2cccc(F)c2F)c(-c2ccccc2)nn1C[C@H]1CC[C@@H](COCC(=O)O)CC1. The van der Waals surface area contributed by atoms with E-state index in [1.165, 1.54) is 6.07 Å². The van der Waals surface area contributed by atoms with Crippen molar-refractivity contribution in [1.82, 2.24) is 9.78 Å². The molecule has 4 rings (SSSR count). The first-order valence-electron chi connectivity index (χ1n) is 12.2. The van der Waals surface area contributed by atoms with Crippen LogP contribution < -0.4 is 0 Å². The summed E-state index contributed by atoms with van der Waals surface area (Å²) in [6.07, 6.45) is 3.92. The molecule has 7 heteroatoms. The number of carbonyl (C=O) groups is 1. The monoisotopic (exact) mass is 482 g/mol. The van der Waals surface area contributed by atoms with Crippen LogP contribution in [0.15, 0.2) is 48.5 Å². The molecule has 0 atom stereocenters. The molecule has 0 aliphatic heterocycles. The highest BCUT2D eigenvalue weighted by atomic mass is 19.2. The molecule has 0 amide bonds. The maximum Gasteiger partial charge on any atom is 0.329 e. The van der Waals surface area contributed by atoms with E-state index < -0.39 is 17.6 Å². The number of nitrogens with zero attached hydrogens (tertiary/aromatic N) is 2. The van der Waals surface area contributed by atoms with E-state index in [4.69, 9.17) is 14.9 Å². The van der Waals surface area contributed by atoms with E-state index in [-0.39, 0.29) is 18.1 Å². The molecule has 0 bridgehead atoms. The highest BCUT2D eigenvalue weighted by Crippen LogP contribution is 2.40. The second-order valence-electron chi connectivity index (χ2n) is 9.71. The molecule has 1 heterocycles. The summed E-state index contributed by atoms with van der Waals surface area (Å²) in [7, 11) is 0. The van der Waals surface area contributed by atoms with Gasteiger partial charge in [0.15, 0.2) is 11.6 Å². The van der Waals surface area contributed by atoms with Crippen LogP contribution in [-0.4, -0.2) is 34.1 Å². The first kappa shape index (κ1) is 25.0. The third kappa shape index (κ3) is 5.78. The number of aromatic nitrogens is 2. The molecule has 3 aromatic rings. The zero-order valence-corrected chi connectivity index (χ0v) is 20.2. The molecule has 1 aliphatic carbocycles. The Morgan fingerprint density at radius 1 is 1.06 bits per heavy atom. The molecule has 5 nitrogen and oxygen atoms in total. The summed E-state index contributed by atoms with van der Waals surface area (Å²) in [5.41, 5.74) is 3.32. The first-order chi connectivity index (χ1) is 16.8. The zero-order chi connectivity index (χ0) is 24.9. The summed E-state index contributed by atoms with van der Waals surface area (Å²) < 4.78 is 36.6. The van der Waals surface area contributed by atoms with Gasteiger partial charge in [-0.1, -0.05) is 56.3 Å². The summed E-state index contributed by atoms with van der Waals surface area (Å²) in [5.74, 6) is -1.85. The Hall–Kier alpha value is -3.06. The number of hydrogen-bond donors (Lipinski definition) is 1. The van der Waals surface area contributed by atoms with Crippen molar-refractivity contribution in [3.8, 4) is 22.4 Å². The number of benzene rings is 2. The van der Waals surface area contributed by atoms with Crippen LogP contribution in [0.4, 0.5) is 8.78 Å². The number of carboxylic acids is 1. The third-order valence-corrected chi connectivity index (χ3v) is 6.78. The molecule has 35 heavy (non-hydrogen) atoms. The largest absolute Gasteiger partial charge is 0.480 e. The van der Waals surface area contributed by atoms with Crippen LogP contribution in [0.2, 0.25) is 0 Å². The Morgan fingerprint density at radius 2 is 1.74 bits per heavy atom. The van der Waals surface area contributed by atoms with Crippen molar-refractivity contribution < 1.29 is 23.4 Å². The lowest BCUT2D eigenvalue weighted by molar-refractivity contribution is -0.142. The van der Waals surface area contributed by atoms with Crippen molar-refractivity contribution in [1.29, 1.82) is 0 Å². The fourth-order valence-corrected chi connectivity index (χ4v) is 5.10. The number of halogens is 2. The Balaban J connectivity index is 1.64. The first-order valence-corrected chi connectivity index (χ1v) is 12.2. The highest BCUT2D eigenvalue weighted by molar-refractivity contribution is 5.83. The molecule has 0 radical (unpaired) electrons. The van der Waals surface area contributed by atoms with Crippen molar-refractivity contribution in [2.45, 2.75) is 52.0 Å². The van der Waals surface area contributed by atoms with E-state index in [1.54, 1.807) is 6.07 Å². The maximum absolute atomic E-state index is 15.0. The molecule has 1 fully saturated rings. The fraction of sp³-hybridized carbons (Fsp3) is 0.429. The van der Waals surface area contributed by atoms with Crippen LogP contribution in [0.5, 0.6) is 0 Å². The number of hydrogen-bond acceptors (Lipinski definition) is 3. The summed E-state index contributed by atoms with van der Waals surface area (Å²) in [6, 6.07) is 14.0. The summed E-state index contributed by atoms with van der Waals surface area (Å²) in [4.78, 5) is 10.7. The van der Waals surface area contributed by atoms with Gasteiger partial charge >= 0.3 is 5.97 Å². The van der Waals surface area contributed by atoms with Gasteiger partial charge in [-0.25, -0.2) is 13.6 Å². The van der Waals surface area contributed by atoms with Crippen LogP contribution in [-0.2, 0) is 16.1 Å². The van der Waals surface area contributed by atoms with Crippen LogP contribution in [0, 0.1) is 23.5 Å². The third-order valence-electron chi connectivity index (χ3n) is 6.78. The standard InChI is InChI=1S/C28H32F2N2O3/c1-18(2)28-25(22-9-6-10-23(29)26(22)30)27(21-7-4-3-5-8-21)31-32(28)15-19-11-13-20(14-12-19)16-35-17-24(33)34/h3-10,18-20H,11-17H2,1-2H3,(H,33,34)/t19-,20+. The highest BCUT2D eigenvalue weighted by Gasteiger charge is 2.28. The van der Waals surface area contributed by atoms with Gasteiger partial charge in [0, 0.05) is 28.9 Å². The average Bonchev–Trinajstić information content (AvgIpc) is 3.21. The van der Waals surface area contributed by atoms with Crippen molar-refractivity contribution in [2.24, 2.45) is 11.8 Å². The Kier molecular flexibility index (Phi) is 7.96. The Labute approximate surface area is 204 Å². The van der Waals surface area contributed by atoms with Crippen molar-refractivity contribution in [3.05, 3.63) is 65.9 Å². The molecule has 2 aromatic carbocycles. The minimum atomic E-state index is -0.946. The molecular weight excluding hydrogens is 450 g/mol. The summed E-state index contributed by atoms with van der Waals surface area (Å²) in [6.45, 7) is 5.03. The summed E-state index contributed by atoms with van der Waals surface area (Å²) >= 11 is 0. The average molecular weight is 483 g/mol. The van der Waals surface area contributed by atoms with E-state index in [0.29, 0.717) is 36.2 Å². The van der Waals surface area contributed by atoms with Gasteiger partial charge in [-0.2, -0.15) is 5.10 Å². The predicted molar refractivity (Wildman–Crippen MR) is 131 cm³/mol. The van der Waals surface area contributed by atoms with Crippen LogP contribution in [0.3, 0.4) is 0 Å². The number of aliphatic carboxylic acids is 1. The lowest BCUT2D eigenvalue weighted by Gasteiger charge is -2.29. The van der Waals surface area contributed by atoms with Crippen LogP contribution in [0.1, 0.15) is 51.1 Å². The van der Waals surface area contributed by atoms with Gasteiger partial charge in [-0.15, -0.1) is 0 Å². The molecule has 186 valence electrons. The topological polar surface area (TPSA) is 64.4 Å². The molecule has 0 unspecified atom stereocenters. The second-order valence-corrected chi connectivity index (χ2v) is 9.71. The van der Waals surface area contributed by atoms with Gasteiger partial charge in [0.2, 0.25) is 0 Å². The van der Waals surface area contributed by atoms with Gasteiger partial charge in [0.25, 0.3) is 0 Å². The fourth-order valence-electron chi connectivity index (χ4n) is 5.10. The molecule has 0 spiro atoms. The normalized spacial score (nSPS) is 18.2. The van der Waals surface area contributed by atoms with Crippen LogP contribution in [0.25, 0.3) is 22.4 Å². The Morgan fingerprint density at radius 3 is 2.40 bits per heavy atom. The molecule has 0 saturated heterocycles. The van der Waals surface area contributed by atoms with E-state index >= 15 is 4.39 Å². The number of rotatable bonds is 9. The quantitative estimate of drug-likeness (QED) is 0.377. The van der Waals surface area contributed by atoms with Crippen molar-refractivity contribution >= 4 is 5.97 Å². The van der Waals surface area contributed by atoms with E-state index in [2.05, 4.69) is 13.8 Å². The molecular formula is C28H32F2N2O3. The van der Waals surface area contributed by atoms with E-state index in [0.717, 1.165) is 43.0 Å². The van der Waals surface area contributed by atoms with Gasteiger partial charge < -0.3 is 9.84 Å². The van der Waals surface area contributed by atoms with Gasteiger partial charge in [0.05, 0.1) is 6.61 Å². The number of carboxylic acid groups (broad SMARTS) is 1. The Bertz CT molecular complexity index is 1150. The van der Waals surface area contributed by atoms with E-state index in [1.807, 2.05) is 35.0 Å². The van der Waals surface area contributed by atoms with Crippen LogP contribution >= 0.6 is 0 Å². The predicted octanol–water partition coefficient (Wildman–Crippen LogP) is 6.53. The smallest absolute Gasteiger partial charge is 0.329 e. The van der Waals surface area contributed by atoms with Crippen molar-refractivity contribution in [2.75, 3.05) is 13.2 Å².